The summed E-state index contributed by atoms with van der Waals surface area (Å²) in [6, 6.07) is 28.8. The molecule has 1 N–H and O–H groups in total. The molecular weight excluding hydrogens is 322 g/mol. The molecule has 4 aromatic carbocycles. The molecule has 0 spiro atoms. The monoisotopic (exact) mass is 339 g/mol. The molecule has 3 heteroatoms. The summed E-state index contributed by atoms with van der Waals surface area (Å²) < 4.78 is 6.04. The quantitative estimate of drug-likeness (QED) is 0.457. The average Bonchev–Trinajstić information content (AvgIpc) is 2.69. The van der Waals surface area contributed by atoms with Gasteiger partial charge in [-0.05, 0) is 47.9 Å². The first-order valence-corrected chi connectivity index (χ1v) is 8.37. The van der Waals surface area contributed by atoms with E-state index in [0.717, 1.165) is 28.0 Å². The van der Waals surface area contributed by atoms with E-state index in [-0.39, 0.29) is 5.75 Å². The second-order valence-corrected chi connectivity index (χ2v) is 5.89. The summed E-state index contributed by atoms with van der Waals surface area (Å²) in [6.45, 7) is 0. The van der Waals surface area contributed by atoms with Crippen LogP contribution in [0.1, 0.15) is 5.56 Å². The summed E-state index contributed by atoms with van der Waals surface area (Å²) in [7, 11) is 0. The van der Waals surface area contributed by atoms with Gasteiger partial charge < -0.3 is 9.84 Å². The third kappa shape index (κ3) is 3.42. The number of hydrogen-bond donors (Lipinski definition) is 1. The number of hydrogen-bond acceptors (Lipinski definition) is 3. The molecule has 0 aliphatic heterocycles. The van der Waals surface area contributed by atoms with Crippen LogP contribution in [0.4, 0.5) is 5.69 Å². The first-order valence-electron chi connectivity index (χ1n) is 8.37. The highest BCUT2D eigenvalue weighted by atomic mass is 16.5. The van der Waals surface area contributed by atoms with Gasteiger partial charge in [-0.1, -0.05) is 48.5 Å². The van der Waals surface area contributed by atoms with Crippen LogP contribution in [0.25, 0.3) is 10.8 Å². The van der Waals surface area contributed by atoms with E-state index >= 15 is 0 Å². The predicted octanol–water partition coefficient (Wildman–Crippen LogP) is 6.09. The van der Waals surface area contributed by atoms with E-state index in [2.05, 4.69) is 23.2 Å². The van der Waals surface area contributed by atoms with Crippen LogP contribution in [-0.2, 0) is 0 Å². The highest BCUT2D eigenvalue weighted by Crippen LogP contribution is 2.30. The Kier molecular flexibility index (Phi) is 4.35. The van der Waals surface area contributed by atoms with Crippen molar-refractivity contribution in [3.8, 4) is 17.2 Å². The molecule has 4 rings (SSSR count). The van der Waals surface area contributed by atoms with Crippen LogP contribution in [0.15, 0.2) is 96.0 Å². The third-order valence-corrected chi connectivity index (χ3v) is 4.10. The number of fused-ring (bicyclic) bond motifs is 1. The lowest BCUT2D eigenvalue weighted by atomic mass is 10.1. The van der Waals surface area contributed by atoms with Gasteiger partial charge in [-0.2, -0.15) is 0 Å². The minimum Gasteiger partial charge on any atom is -0.507 e. The van der Waals surface area contributed by atoms with Crippen molar-refractivity contribution < 1.29 is 9.84 Å². The molecular formula is C23H17NO2. The van der Waals surface area contributed by atoms with Crippen LogP contribution < -0.4 is 4.74 Å². The van der Waals surface area contributed by atoms with Crippen LogP contribution in [0.5, 0.6) is 17.2 Å². The van der Waals surface area contributed by atoms with Crippen LogP contribution in [0, 0.1) is 0 Å². The van der Waals surface area contributed by atoms with E-state index in [0.29, 0.717) is 5.56 Å². The fraction of sp³-hybridized carbons (Fsp3) is 0. The molecule has 0 unspecified atom stereocenters. The Hall–Kier alpha value is -3.59. The SMILES string of the molecule is Oc1ccccc1C=Nc1ccc(Oc2cccc3ccccc23)cc1. The van der Waals surface area contributed by atoms with Crippen LogP contribution in [0.3, 0.4) is 0 Å². The Morgan fingerprint density at radius 1 is 0.731 bits per heavy atom. The first kappa shape index (κ1) is 15.9. The molecule has 3 nitrogen and oxygen atoms in total. The van der Waals surface area contributed by atoms with Gasteiger partial charge in [0, 0.05) is 17.2 Å². The smallest absolute Gasteiger partial charge is 0.135 e. The minimum atomic E-state index is 0.215. The highest BCUT2D eigenvalue weighted by molar-refractivity contribution is 5.88. The normalized spacial score (nSPS) is 11.1. The Bertz CT molecular complexity index is 1060. The summed E-state index contributed by atoms with van der Waals surface area (Å²) in [5.41, 5.74) is 1.47. The number of rotatable bonds is 4. The van der Waals surface area contributed by atoms with E-state index in [1.807, 2.05) is 60.7 Å². The number of nitrogens with zero attached hydrogens (tertiary/aromatic N) is 1. The lowest BCUT2D eigenvalue weighted by Gasteiger charge is -2.09. The Morgan fingerprint density at radius 2 is 1.46 bits per heavy atom. The van der Waals surface area contributed by atoms with Crippen molar-refractivity contribution in [3.05, 3.63) is 96.6 Å². The van der Waals surface area contributed by atoms with E-state index in [4.69, 9.17) is 4.74 Å². The largest absolute Gasteiger partial charge is 0.507 e. The van der Waals surface area contributed by atoms with Crippen molar-refractivity contribution in [1.29, 1.82) is 0 Å². The van der Waals surface area contributed by atoms with Gasteiger partial charge in [0.1, 0.15) is 17.2 Å². The zero-order chi connectivity index (χ0) is 17.8. The highest BCUT2D eigenvalue weighted by Gasteiger charge is 2.03. The van der Waals surface area contributed by atoms with Crippen molar-refractivity contribution >= 4 is 22.7 Å². The van der Waals surface area contributed by atoms with E-state index in [1.165, 1.54) is 0 Å². The summed E-state index contributed by atoms with van der Waals surface area (Å²) in [6.07, 6.45) is 1.65. The fourth-order valence-corrected chi connectivity index (χ4v) is 2.75. The standard InChI is InChI=1S/C23H17NO2/c25-22-10-4-2-7-18(22)16-24-19-12-14-20(15-13-19)26-23-11-5-8-17-6-1-3-9-21(17)23/h1-16,25H. The summed E-state index contributed by atoms with van der Waals surface area (Å²) in [5.74, 6) is 1.79. The molecule has 0 aromatic heterocycles. The number of ether oxygens (including phenoxy) is 1. The van der Waals surface area contributed by atoms with E-state index < -0.39 is 0 Å². The number of benzene rings is 4. The lowest BCUT2D eigenvalue weighted by Crippen LogP contribution is -1.85. The third-order valence-electron chi connectivity index (χ3n) is 4.10. The maximum absolute atomic E-state index is 9.77. The number of phenols is 1. The molecule has 0 bridgehead atoms. The number of aliphatic imine (C=N–C) groups is 1. The molecule has 0 fully saturated rings. The number of para-hydroxylation sites is 1. The van der Waals surface area contributed by atoms with Crippen LogP contribution >= 0.6 is 0 Å². The van der Waals surface area contributed by atoms with Crippen molar-refractivity contribution in [3.63, 3.8) is 0 Å². The zero-order valence-corrected chi connectivity index (χ0v) is 14.0. The van der Waals surface area contributed by atoms with Crippen molar-refractivity contribution in [1.82, 2.24) is 0 Å². The molecule has 0 amide bonds. The van der Waals surface area contributed by atoms with Gasteiger partial charge in [0.25, 0.3) is 0 Å². The molecule has 126 valence electrons. The van der Waals surface area contributed by atoms with Crippen LogP contribution in [0.2, 0.25) is 0 Å². The molecule has 4 aromatic rings. The van der Waals surface area contributed by atoms with Crippen molar-refractivity contribution in [2.45, 2.75) is 0 Å². The molecule has 26 heavy (non-hydrogen) atoms. The average molecular weight is 339 g/mol. The van der Waals surface area contributed by atoms with Crippen molar-refractivity contribution in [2.24, 2.45) is 4.99 Å². The Labute approximate surface area is 151 Å². The van der Waals surface area contributed by atoms with Gasteiger partial charge >= 0.3 is 0 Å². The fourth-order valence-electron chi connectivity index (χ4n) is 2.75. The first-order chi connectivity index (χ1) is 12.8. The zero-order valence-electron chi connectivity index (χ0n) is 14.0. The molecule has 0 saturated carbocycles. The Morgan fingerprint density at radius 3 is 2.31 bits per heavy atom. The number of aromatic hydroxyl groups is 1. The summed E-state index contributed by atoms with van der Waals surface area (Å²) in [4.78, 5) is 4.39. The van der Waals surface area contributed by atoms with Crippen molar-refractivity contribution in [2.75, 3.05) is 0 Å². The molecule has 0 saturated heterocycles. The molecule has 0 radical (unpaired) electrons. The second kappa shape index (κ2) is 7.11. The summed E-state index contributed by atoms with van der Waals surface area (Å²) in [5, 5.41) is 12.0. The molecule has 0 aliphatic rings. The second-order valence-electron chi connectivity index (χ2n) is 5.89. The minimum absolute atomic E-state index is 0.215. The van der Waals surface area contributed by atoms with Gasteiger partial charge in [0.2, 0.25) is 0 Å². The molecule has 0 aliphatic carbocycles. The van der Waals surface area contributed by atoms with Crippen LogP contribution in [-0.4, -0.2) is 11.3 Å². The summed E-state index contributed by atoms with van der Waals surface area (Å²) >= 11 is 0. The Balaban J connectivity index is 1.54. The van der Waals surface area contributed by atoms with Gasteiger partial charge in [-0.3, -0.25) is 4.99 Å². The van der Waals surface area contributed by atoms with Gasteiger partial charge in [-0.15, -0.1) is 0 Å². The van der Waals surface area contributed by atoms with E-state index in [1.54, 1.807) is 18.3 Å². The lowest BCUT2D eigenvalue weighted by molar-refractivity contribution is 0.474. The topological polar surface area (TPSA) is 41.8 Å². The molecule has 0 atom stereocenters. The molecule has 0 heterocycles. The maximum atomic E-state index is 9.77. The maximum Gasteiger partial charge on any atom is 0.135 e. The van der Waals surface area contributed by atoms with Gasteiger partial charge in [0.15, 0.2) is 0 Å². The number of phenolic OH excluding ortho intramolecular Hbond substituents is 1. The van der Waals surface area contributed by atoms with E-state index in [9.17, 15) is 5.11 Å². The predicted molar refractivity (Wildman–Crippen MR) is 106 cm³/mol. The van der Waals surface area contributed by atoms with Gasteiger partial charge in [0.05, 0.1) is 5.69 Å². The van der Waals surface area contributed by atoms with Gasteiger partial charge in [-0.25, -0.2) is 0 Å².